The maximum Gasteiger partial charge on any atom is 0.306 e. The van der Waals surface area contributed by atoms with Crippen LogP contribution >= 0.6 is 11.3 Å². The van der Waals surface area contributed by atoms with Gasteiger partial charge in [-0.05, 0) is 35.1 Å². The first kappa shape index (κ1) is 23.4. The number of Topliss-reactive ketones (excluding diaryl/α,β-unsaturated/α-hetero) is 1. The van der Waals surface area contributed by atoms with Gasteiger partial charge in [-0.1, -0.05) is 26.0 Å². The van der Waals surface area contributed by atoms with E-state index in [1.54, 1.807) is 11.3 Å². The molecule has 1 saturated heterocycles. The van der Waals surface area contributed by atoms with Crippen molar-refractivity contribution in [1.82, 2.24) is 0 Å². The van der Waals surface area contributed by atoms with Crippen LogP contribution in [0.1, 0.15) is 48.3 Å². The molecule has 0 saturated carbocycles. The van der Waals surface area contributed by atoms with Gasteiger partial charge in [-0.15, -0.1) is 11.3 Å². The van der Waals surface area contributed by atoms with Gasteiger partial charge in [0.15, 0.2) is 5.78 Å². The van der Waals surface area contributed by atoms with E-state index in [0.29, 0.717) is 25.3 Å². The lowest BCUT2D eigenvalue weighted by Gasteiger charge is -2.30. The van der Waals surface area contributed by atoms with Gasteiger partial charge in [0.1, 0.15) is 0 Å². The number of methoxy groups -OCH3 is 1. The molecule has 2 aromatic rings. The summed E-state index contributed by atoms with van der Waals surface area (Å²) in [7, 11) is 1.31. The van der Waals surface area contributed by atoms with Crippen molar-refractivity contribution >= 4 is 39.7 Å². The second kappa shape index (κ2) is 9.65. The smallest absolute Gasteiger partial charge is 0.306 e. The van der Waals surface area contributed by atoms with Gasteiger partial charge in [-0.25, -0.2) is 0 Å². The summed E-state index contributed by atoms with van der Waals surface area (Å²) >= 11 is 1.59. The Labute approximate surface area is 198 Å². The predicted molar refractivity (Wildman–Crippen MR) is 129 cm³/mol. The zero-order valence-electron chi connectivity index (χ0n) is 19.4. The van der Waals surface area contributed by atoms with Gasteiger partial charge in [0.25, 0.3) is 0 Å². The highest BCUT2D eigenvalue weighted by Crippen LogP contribution is 2.49. The van der Waals surface area contributed by atoms with Gasteiger partial charge in [-0.2, -0.15) is 0 Å². The fourth-order valence-electron chi connectivity index (χ4n) is 4.48. The SMILES string of the molecule is COC(=O)CCC(=O)Nc1cccc(-c2c(N3CCOCC3)sc3c2CC(C)(C)CC3=O)c1. The van der Waals surface area contributed by atoms with E-state index in [9.17, 15) is 14.4 Å². The van der Waals surface area contributed by atoms with Crippen LogP contribution < -0.4 is 10.2 Å². The van der Waals surface area contributed by atoms with Crippen molar-refractivity contribution in [2.75, 3.05) is 43.6 Å². The van der Waals surface area contributed by atoms with Crippen LogP contribution in [-0.2, 0) is 25.5 Å². The van der Waals surface area contributed by atoms with Gasteiger partial charge in [-0.3, -0.25) is 14.4 Å². The molecule has 8 heteroatoms. The van der Waals surface area contributed by atoms with Crippen LogP contribution in [-0.4, -0.2) is 51.1 Å². The normalized spacial score (nSPS) is 17.4. The number of ketones is 1. The number of anilines is 2. The Morgan fingerprint density at radius 3 is 2.67 bits per heavy atom. The minimum Gasteiger partial charge on any atom is -0.469 e. The lowest BCUT2D eigenvalue weighted by atomic mass is 9.75. The van der Waals surface area contributed by atoms with E-state index in [4.69, 9.17) is 4.74 Å². The summed E-state index contributed by atoms with van der Waals surface area (Å²) in [6, 6.07) is 7.73. The predicted octanol–water partition coefficient (Wildman–Crippen LogP) is 4.30. The lowest BCUT2D eigenvalue weighted by Crippen LogP contribution is -2.36. The zero-order chi connectivity index (χ0) is 23.6. The Bertz CT molecular complexity index is 1070. The molecule has 1 fully saturated rings. The summed E-state index contributed by atoms with van der Waals surface area (Å²) in [6.45, 7) is 7.18. The molecular weight excluding hydrogens is 440 g/mol. The highest BCUT2D eigenvalue weighted by molar-refractivity contribution is 7.19. The Hall–Kier alpha value is -2.71. The van der Waals surface area contributed by atoms with Gasteiger partial charge in [0.05, 0.1) is 36.6 Å². The van der Waals surface area contributed by atoms with Crippen molar-refractivity contribution in [3.05, 3.63) is 34.7 Å². The van der Waals surface area contributed by atoms with E-state index in [-0.39, 0.29) is 29.9 Å². The van der Waals surface area contributed by atoms with E-state index >= 15 is 0 Å². The molecule has 7 nitrogen and oxygen atoms in total. The topological polar surface area (TPSA) is 84.9 Å². The minimum absolute atomic E-state index is 0.0401. The minimum atomic E-state index is -0.411. The second-order valence-electron chi connectivity index (χ2n) is 9.34. The molecule has 0 atom stereocenters. The van der Waals surface area contributed by atoms with Crippen LogP contribution in [0.15, 0.2) is 24.3 Å². The molecule has 2 aliphatic rings. The molecule has 4 rings (SSSR count). The number of hydrogen-bond donors (Lipinski definition) is 1. The number of ether oxygens (including phenoxy) is 2. The molecule has 0 bridgehead atoms. The number of carbonyl (C=O) groups is 3. The van der Waals surface area contributed by atoms with Crippen molar-refractivity contribution < 1.29 is 23.9 Å². The van der Waals surface area contributed by atoms with Gasteiger partial charge in [0.2, 0.25) is 5.91 Å². The van der Waals surface area contributed by atoms with Crippen LogP contribution in [0.2, 0.25) is 0 Å². The second-order valence-corrected chi connectivity index (χ2v) is 10.3. The van der Waals surface area contributed by atoms with Gasteiger partial charge >= 0.3 is 5.97 Å². The first-order chi connectivity index (χ1) is 15.8. The number of carbonyl (C=O) groups excluding carboxylic acids is 3. The fourth-order valence-corrected chi connectivity index (χ4v) is 5.81. The number of amides is 1. The number of fused-ring (bicyclic) bond motifs is 1. The molecule has 0 radical (unpaired) electrons. The maximum absolute atomic E-state index is 13.0. The van der Waals surface area contributed by atoms with E-state index < -0.39 is 5.97 Å². The van der Waals surface area contributed by atoms with E-state index in [2.05, 4.69) is 28.8 Å². The molecule has 1 aliphatic heterocycles. The van der Waals surface area contributed by atoms with Gasteiger partial charge in [0, 0.05) is 37.2 Å². The number of nitrogens with zero attached hydrogens (tertiary/aromatic N) is 1. The Balaban J connectivity index is 1.69. The number of thiophene rings is 1. The average Bonchev–Trinajstić information content (AvgIpc) is 3.17. The Morgan fingerprint density at radius 1 is 1.18 bits per heavy atom. The molecule has 1 amide bonds. The Morgan fingerprint density at radius 2 is 1.94 bits per heavy atom. The lowest BCUT2D eigenvalue weighted by molar-refractivity contribution is -0.141. The molecule has 1 aliphatic carbocycles. The first-order valence-corrected chi connectivity index (χ1v) is 12.1. The average molecular weight is 471 g/mol. The monoisotopic (exact) mass is 470 g/mol. The summed E-state index contributed by atoms with van der Waals surface area (Å²) in [4.78, 5) is 39.8. The number of nitrogens with one attached hydrogen (secondary N) is 1. The maximum atomic E-state index is 13.0. The van der Waals surface area contributed by atoms with Crippen molar-refractivity contribution in [2.24, 2.45) is 5.41 Å². The molecular formula is C25H30N2O5S. The number of esters is 1. The van der Waals surface area contributed by atoms with Crippen molar-refractivity contribution in [3.8, 4) is 11.1 Å². The van der Waals surface area contributed by atoms with Crippen LogP contribution in [0.5, 0.6) is 0 Å². The summed E-state index contributed by atoms with van der Waals surface area (Å²) in [5.74, 6) is -0.444. The summed E-state index contributed by atoms with van der Waals surface area (Å²) < 4.78 is 10.2. The third kappa shape index (κ3) is 5.28. The van der Waals surface area contributed by atoms with E-state index in [1.807, 2.05) is 24.3 Å². The van der Waals surface area contributed by atoms with E-state index in [0.717, 1.165) is 46.1 Å². The molecule has 1 aromatic heterocycles. The van der Waals surface area contributed by atoms with Crippen LogP contribution in [0, 0.1) is 5.41 Å². The Kier molecular flexibility index (Phi) is 6.86. The van der Waals surface area contributed by atoms with E-state index in [1.165, 1.54) is 7.11 Å². The number of benzene rings is 1. The highest BCUT2D eigenvalue weighted by atomic mass is 32.1. The largest absolute Gasteiger partial charge is 0.469 e. The number of hydrogen-bond acceptors (Lipinski definition) is 7. The standard InChI is InChI=1S/C25H30N2O5S/c1-25(2)14-18-22(24(27-9-11-32-12-10-27)33-23(18)19(28)15-25)16-5-4-6-17(13-16)26-20(29)7-8-21(30)31-3/h4-6,13H,7-12,14-15H2,1-3H3,(H,26,29). The molecule has 1 N–H and O–H groups in total. The van der Waals surface area contributed by atoms with Crippen molar-refractivity contribution in [1.29, 1.82) is 0 Å². The summed E-state index contributed by atoms with van der Waals surface area (Å²) in [5.41, 5.74) is 3.74. The highest BCUT2D eigenvalue weighted by Gasteiger charge is 2.37. The quantitative estimate of drug-likeness (QED) is 0.634. The third-order valence-corrected chi connectivity index (χ3v) is 7.39. The molecule has 176 valence electrons. The van der Waals surface area contributed by atoms with Crippen LogP contribution in [0.25, 0.3) is 11.1 Å². The van der Waals surface area contributed by atoms with Crippen LogP contribution in [0.3, 0.4) is 0 Å². The van der Waals surface area contributed by atoms with Crippen molar-refractivity contribution in [3.63, 3.8) is 0 Å². The number of morpholine rings is 1. The molecule has 1 aromatic carbocycles. The fraction of sp³-hybridized carbons (Fsp3) is 0.480. The third-order valence-electron chi connectivity index (χ3n) is 6.05. The van der Waals surface area contributed by atoms with Gasteiger partial charge < -0.3 is 19.7 Å². The zero-order valence-corrected chi connectivity index (χ0v) is 20.2. The number of rotatable bonds is 6. The van der Waals surface area contributed by atoms with Crippen LogP contribution in [0.4, 0.5) is 10.7 Å². The molecule has 2 heterocycles. The molecule has 0 spiro atoms. The summed E-state index contributed by atoms with van der Waals surface area (Å²) in [5, 5.41) is 3.98. The first-order valence-electron chi connectivity index (χ1n) is 11.3. The molecule has 0 unspecified atom stereocenters. The molecule has 33 heavy (non-hydrogen) atoms. The van der Waals surface area contributed by atoms with Crippen molar-refractivity contribution in [2.45, 2.75) is 39.5 Å². The summed E-state index contributed by atoms with van der Waals surface area (Å²) in [6.07, 6.45) is 1.49.